The second-order valence-corrected chi connectivity index (χ2v) is 5.67. The zero-order valence-corrected chi connectivity index (χ0v) is 12.7. The zero-order chi connectivity index (χ0) is 15.7. The second kappa shape index (κ2) is 5.61. The number of anilines is 2. The Kier molecular flexibility index (Phi) is 3.64. The van der Waals surface area contributed by atoms with Gasteiger partial charge in [0.05, 0.1) is 16.8 Å². The first-order valence-corrected chi connectivity index (χ1v) is 7.49. The largest absolute Gasteiger partial charge is 0.462 e. The number of fused-ring (bicyclic) bond motifs is 1. The average Bonchev–Trinajstić information content (AvgIpc) is 2.87. The van der Waals surface area contributed by atoms with Crippen LogP contribution in [0, 0.1) is 0 Å². The van der Waals surface area contributed by atoms with Gasteiger partial charge in [-0.05, 0) is 30.7 Å². The summed E-state index contributed by atoms with van der Waals surface area (Å²) in [6.07, 6.45) is 1.63. The highest BCUT2D eigenvalue weighted by atomic mass is 32.1. The minimum Gasteiger partial charge on any atom is -0.462 e. The van der Waals surface area contributed by atoms with E-state index < -0.39 is 5.97 Å². The summed E-state index contributed by atoms with van der Waals surface area (Å²) < 4.78 is 5.97. The zero-order valence-electron chi connectivity index (χ0n) is 11.9. The van der Waals surface area contributed by atoms with E-state index >= 15 is 0 Å². The number of pyridine rings is 1. The van der Waals surface area contributed by atoms with Gasteiger partial charge in [0.25, 0.3) is 0 Å². The van der Waals surface area contributed by atoms with E-state index in [1.165, 1.54) is 11.3 Å². The van der Waals surface area contributed by atoms with Crippen molar-refractivity contribution in [2.24, 2.45) is 0 Å². The molecule has 2 heterocycles. The van der Waals surface area contributed by atoms with Gasteiger partial charge in [0.1, 0.15) is 11.4 Å². The third-order valence-electron chi connectivity index (χ3n) is 3.15. The number of esters is 1. The Morgan fingerprint density at radius 3 is 2.86 bits per heavy atom. The molecular weight excluding hydrogens is 300 g/mol. The predicted molar refractivity (Wildman–Crippen MR) is 87.6 cm³/mol. The van der Waals surface area contributed by atoms with E-state index in [0.717, 1.165) is 21.3 Å². The fraction of sp³-hybridized carbons (Fsp3) is 0.133. The molecule has 1 aromatic carbocycles. The third kappa shape index (κ3) is 2.58. The standard InChI is InChI=1S/C15H14N4O2S/c1-2-21-14(20)10-5-9(7-18-13(10)16)8-3-4-11-12(6-8)22-15(17)19-11/h3-7H,2H2,1H3,(H2,16,18)(H2,17,19). The molecule has 7 heteroatoms. The molecule has 112 valence electrons. The van der Waals surface area contributed by atoms with Crippen LogP contribution in [0.25, 0.3) is 21.3 Å². The van der Waals surface area contributed by atoms with Gasteiger partial charge in [0.15, 0.2) is 5.13 Å². The highest BCUT2D eigenvalue weighted by Gasteiger charge is 2.14. The Morgan fingerprint density at radius 2 is 2.09 bits per heavy atom. The number of benzene rings is 1. The van der Waals surface area contributed by atoms with Crippen molar-refractivity contribution >= 4 is 38.5 Å². The number of nitrogen functional groups attached to an aromatic ring is 2. The van der Waals surface area contributed by atoms with Crippen LogP contribution in [0.5, 0.6) is 0 Å². The summed E-state index contributed by atoms with van der Waals surface area (Å²) in [6, 6.07) is 7.44. The number of ether oxygens (including phenoxy) is 1. The molecule has 22 heavy (non-hydrogen) atoms. The van der Waals surface area contributed by atoms with Crippen LogP contribution in [0.3, 0.4) is 0 Å². The van der Waals surface area contributed by atoms with Crippen molar-refractivity contribution in [3.63, 3.8) is 0 Å². The van der Waals surface area contributed by atoms with E-state index in [-0.39, 0.29) is 18.0 Å². The Labute approximate surface area is 130 Å². The molecule has 0 radical (unpaired) electrons. The smallest absolute Gasteiger partial charge is 0.341 e. The molecule has 2 aromatic heterocycles. The normalized spacial score (nSPS) is 10.8. The summed E-state index contributed by atoms with van der Waals surface area (Å²) in [5.74, 6) is -0.317. The molecule has 0 bridgehead atoms. The molecule has 0 aliphatic rings. The molecule has 3 aromatic rings. The van der Waals surface area contributed by atoms with Crippen molar-refractivity contribution in [2.75, 3.05) is 18.1 Å². The average molecular weight is 314 g/mol. The van der Waals surface area contributed by atoms with Gasteiger partial charge in [0.2, 0.25) is 0 Å². The maximum absolute atomic E-state index is 11.9. The number of nitrogens with two attached hydrogens (primary N) is 2. The van der Waals surface area contributed by atoms with Crippen LogP contribution in [0.15, 0.2) is 30.5 Å². The van der Waals surface area contributed by atoms with Crippen LogP contribution in [0.2, 0.25) is 0 Å². The van der Waals surface area contributed by atoms with E-state index in [4.69, 9.17) is 16.2 Å². The molecule has 0 aliphatic heterocycles. The van der Waals surface area contributed by atoms with Gasteiger partial charge >= 0.3 is 5.97 Å². The lowest BCUT2D eigenvalue weighted by Crippen LogP contribution is -2.09. The van der Waals surface area contributed by atoms with E-state index in [1.807, 2.05) is 18.2 Å². The molecule has 0 unspecified atom stereocenters. The lowest BCUT2D eigenvalue weighted by molar-refractivity contribution is 0.0527. The van der Waals surface area contributed by atoms with Gasteiger partial charge in [-0.1, -0.05) is 17.4 Å². The van der Waals surface area contributed by atoms with E-state index in [1.54, 1.807) is 19.2 Å². The highest BCUT2D eigenvalue weighted by molar-refractivity contribution is 7.22. The van der Waals surface area contributed by atoms with Crippen molar-refractivity contribution in [1.29, 1.82) is 0 Å². The lowest BCUT2D eigenvalue weighted by Gasteiger charge is -2.07. The van der Waals surface area contributed by atoms with Gasteiger partial charge in [-0.2, -0.15) is 0 Å². The fourth-order valence-electron chi connectivity index (χ4n) is 2.13. The number of rotatable bonds is 3. The third-order valence-corrected chi connectivity index (χ3v) is 4.00. The number of thiazole rings is 1. The summed E-state index contributed by atoms with van der Waals surface area (Å²) in [7, 11) is 0. The van der Waals surface area contributed by atoms with Crippen LogP contribution in [-0.4, -0.2) is 22.5 Å². The van der Waals surface area contributed by atoms with E-state index in [0.29, 0.717) is 5.13 Å². The maximum Gasteiger partial charge on any atom is 0.341 e. The summed E-state index contributed by atoms with van der Waals surface area (Å²) in [4.78, 5) is 20.2. The first-order chi connectivity index (χ1) is 10.6. The molecule has 4 N–H and O–H groups in total. The van der Waals surface area contributed by atoms with Crippen molar-refractivity contribution in [2.45, 2.75) is 6.92 Å². The quantitative estimate of drug-likeness (QED) is 0.720. The molecular formula is C15H14N4O2S. The highest BCUT2D eigenvalue weighted by Crippen LogP contribution is 2.30. The summed E-state index contributed by atoms with van der Waals surface area (Å²) in [6.45, 7) is 2.03. The number of carbonyl (C=O) groups is 1. The number of aromatic nitrogens is 2. The summed E-state index contributed by atoms with van der Waals surface area (Å²) in [5, 5.41) is 0.523. The van der Waals surface area contributed by atoms with Gasteiger partial charge in [0, 0.05) is 11.8 Å². The van der Waals surface area contributed by atoms with E-state index in [9.17, 15) is 4.79 Å². The molecule has 6 nitrogen and oxygen atoms in total. The van der Waals surface area contributed by atoms with Gasteiger partial charge in [-0.15, -0.1) is 0 Å². The molecule has 0 atom stereocenters. The summed E-state index contributed by atoms with van der Waals surface area (Å²) in [5.41, 5.74) is 14.3. The molecule has 0 saturated carbocycles. The Hall–Kier alpha value is -2.67. The number of nitrogens with zero attached hydrogens (tertiary/aromatic N) is 2. The molecule has 0 fully saturated rings. The SMILES string of the molecule is CCOC(=O)c1cc(-c2ccc3nc(N)sc3c2)cnc1N. The van der Waals surface area contributed by atoms with Crippen LogP contribution in [-0.2, 0) is 4.74 Å². The van der Waals surface area contributed by atoms with Crippen molar-refractivity contribution in [3.8, 4) is 11.1 Å². The molecule has 3 rings (SSSR count). The first-order valence-electron chi connectivity index (χ1n) is 6.67. The Morgan fingerprint density at radius 1 is 1.27 bits per heavy atom. The predicted octanol–water partition coefficient (Wildman–Crippen LogP) is 2.70. The molecule has 0 amide bonds. The van der Waals surface area contributed by atoms with Gasteiger partial charge in [-0.25, -0.2) is 14.8 Å². The Bertz CT molecular complexity index is 860. The minimum atomic E-state index is -0.475. The van der Waals surface area contributed by atoms with Crippen LogP contribution >= 0.6 is 11.3 Å². The Balaban J connectivity index is 2.06. The van der Waals surface area contributed by atoms with Crippen molar-refractivity contribution < 1.29 is 9.53 Å². The maximum atomic E-state index is 11.9. The lowest BCUT2D eigenvalue weighted by atomic mass is 10.1. The van der Waals surface area contributed by atoms with Crippen LogP contribution < -0.4 is 11.5 Å². The van der Waals surface area contributed by atoms with Crippen LogP contribution in [0.1, 0.15) is 17.3 Å². The molecule has 0 aliphatic carbocycles. The topological polar surface area (TPSA) is 104 Å². The minimum absolute atomic E-state index is 0.158. The summed E-state index contributed by atoms with van der Waals surface area (Å²) >= 11 is 1.41. The first kappa shape index (κ1) is 14.3. The molecule has 0 saturated heterocycles. The van der Waals surface area contributed by atoms with Gasteiger partial charge in [-0.3, -0.25) is 0 Å². The number of carbonyl (C=O) groups excluding carboxylic acids is 1. The van der Waals surface area contributed by atoms with Crippen LogP contribution in [0.4, 0.5) is 10.9 Å². The molecule has 0 spiro atoms. The number of hydrogen-bond acceptors (Lipinski definition) is 7. The van der Waals surface area contributed by atoms with Crippen molar-refractivity contribution in [3.05, 3.63) is 36.0 Å². The second-order valence-electron chi connectivity index (χ2n) is 4.61. The van der Waals surface area contributed by atoms with Crippen molar-refractivity contribution in [1.82, 2.24) is 9.97 Å². The van der Waals surface area contributed by atoms with Gasteiger partial charge < -0.3 is 16.2 Å². The van der Waals surface area contributed by atoms with E-state index in [2.05, 4.69) is 9.97 Å². The monoisotopic (exact) mass is 314 g/mol. The fourth-order valence-corrected chi connectivity index (χ4v) is 2.90. The number of hydrogen-bond donors (Lipinski definition) is 2.